The quantitative estimate of drug-likeness (QED) is 0.870. The third-order valence-corrected chi connectivity index (χ3v) is 3.39. The molecule has 0 aliphatic rings. The molecule has 2 heterocycles. The second kappa shape index (κ2) is 6.33. The van der Waals surface area contributed by atoms with Crippen LogP contribution in [0.25, 0.3) is 0 Å². The summed E-state index contributed by atoms with van der Waals surface area (Å²) < 4.78 is 0. The highest BCUT2D eigenvalue weighted by molar-refractivity contribution is 7.98. The molecule has 4 nitrogen and oxygen atoms in total. The predicted octanol–water partition coefficient (Wildman–Crippen LogP) is 3.01. The number of hydrogen-bond donors (Lipinski definition) is 1. The molecule has 0 fully saturated rings. The maximum atomic E-state index is 12.2. The van der Waals surface area contributed by atoms with E-state index in [2.05, 4.69) is 15.3 Å². The Morgan fingerprint density at radius 3 is 2.79 bits per heavy atom. The van der Waals surface area contributed by atoms with Gasteiger partial charge in [0, 0.05) is 18.0 Å². The topological polar surface area (TPSA) is 54.9 Å². The number of nitrogens with one attached hydrogen (secondary N) is 1. The summed E-state index contributed by atoms with van der Waals surface area (Å²) in [6.07, 6.45) is 7.76. The van der Waals surface area contributed by atoms with Crippen LogP contribution in [0, 0.1) is 0 Å². The number of pyridine rings is 2. The van der Waals surface area contributed by atoms with Crippen molar-refractivity contribution < 1.29 is 4.79 Å². The fourth-order valence-electron chi connectivity index (χ4n) is 1.70. The molecule has 0 radical (unpaired) electrons. The maximum Gasteiger partial charge on any atom is 0.256 e. The number of carbonyl (C=O) groups excluding carboxylic acids is 1. The van der Waals surface area contributed by atoms with Crippen molar-refractivity contribution in [2.75, 3.05) is 11.6 Å². The number of thioether (sulfide) groups is 1. The van der Waals surface area contributed by atoms with Crippen LogP contribution in [0.1, 0.15) is 22.8 Å². The minimum absolute atomic E-state index is 0.127. The van der Waals surface area contributed by atoms with Crippen molar-refractivity contribution in [3.05, 3.63) is 47.9 Å². The van der Waals surface area contributed by atoms with Gasteiger partial charge in [0.25, 0.3) is 5.91 Å². The molecule has 0 unspecified atom stereocenters. The van der Waals surface area contributed by atoms with Crippen LogP contribution < -0.4 is 5.32 Å². The van der Waals surface area contributed by atoms with Gasteiger partial charge in [-0.1, -0.05) is 6.92 Å². The summed E-state index contributed by atoms with van der Waals surface area (Å²) in [6.45, 7) is 2.00. The first-order valence-corrected chi connectivity index (χ1v) is 7.21. The molecule has 2 aromatic heterocycles. The van der Waals surface area contributed by atoms with Crippen molar-refractivity contribution in [3.63, 3.8) is 0 Å². The van der Waals surface area contributed by atoms with Crippen molar-refractivity contribution in [1.29, 1.82) is 0 Å². The standard InChI is InChI=1S/C14H15N3OS/c1-3-10-8-15-7-6-12(10)14(18)17-11-4-5-13(19-2)16-9-11/h4-9H,3H2,1-2H3,(H,17,18). The Labute approximate surface area is 116 Å². The molecule has 98 valence electrons. The maximum absolute atomic E-state index is 12.2. The van der Waals surface area contributed by atoms with E-state index in [4.69, 9.17) is 0 Å². The third-order valence-electron chi connectivity index (χ3n) is 2.73. The first-order chi connectivity index (χ1) is 9.24. The molecule has 2 rings (SSSR count). The Balaban J connectivity index is 2.16. The second-order valence-electron chi connectivity index (χ2n) is 3.93. The van der Waals surface area contributed by atoms with Crippen molar-refractivity contribution in [3.8, 4) is 0 Å². The lowest BCUT2D eigenvalue weighted by atomic mass is 10.1. The minimum Gasteiger partial charge on any atom is -0.321 e. The van der Waals surface area contributed by atoms with Crippen molar-refractivity contribution in [2.45, 2.75) is 18.4 Å². The van der Waals surface area contributed by atoms with E-state index in [9.17, 15) is 4.79 Å². The molecular weight excluding hydrogens is 258 g/mol. The van der Waals surface area contributed by atoms with Crippen LogP contribution in [0.2, 0.25) is 0 Å². The van der Waals surface area contributed by atoms with Crippen LogP contribution >= 0.6 is 11.8 Å². The molecule has 0 aliphatic carbocycles. The molecule has 0 saturated heterocycles. The van der Waals surface area contributed by atoms with Crippen LogP contribution in [-0.2, 0) is 6.42 Å². The molecule has 0 bridgehead atoms. The Kier molecular flexibility index (Phi) is 4.52. The number of nitrogens with zero attached hydrogens (tertiary/aromatic N) is 2. The highest BCUT2D eigenvalue weighted by Crippen LogP contribution is 2.15. The van der Waals surface area contributed by atoms with Gasteiger partial charge in [-0.25, -0.2) is 4.98 Å². The summed E-state index contributed by atoms with van der Waals surface area (Å²) in [6, 6.07) is 5.47. The molecule has 0 aromatic carbocycles. The summed E-state index contributed by atoms with van der Waals surface area (Å²) in [4.78, 5) is 20.4. The van der Waals surface area contributed by atoms with E-state index in [-0.39, 0.29) is 5.91 Å². The van der Waals surface area contributed by atoms with E-state index < -0.39 is 0 Å². The van der Waals surface area contributed by atoms with E-state index in [1.165, 1.54) is 0 Å². The van der Waals surface area contributed by atoms with Gasteiger partial charge in [0.05, 0.1) is 16.9 Å². The Hall–Kier alpha value is -1.88. The van der Waals surface area contributed by atoms with Gasteiger partial charge in [-0.2, -0.15) is 0 Å². The summed E-state index contributed by atoms with van der Waals surface area (Å²) in [5.41, 5.74) is 2.29. The molecular formula is C14H15N3OS. The fourth-order valence-corrected chi connectivity index (χ4v) is 2.07. The van der Waals surface area contributed by atoms with Crippen LogP contribution in [0.3, 0.4) is 0 Å². The number of anilines is 1. The van der Waals surface area contributed by atoms with Gasteiger partial charge >= 0.3 is 0 Å². The molecule has 0 aliphatic heterocycles. The molecule has 1 amide bonds. The van der Waals surface area contributed by atoms with Crippen LogP contribution in [0.15, 0.2) is 41.8 Å². The van der Waals surface area contributed by atoms with Crippen molar-refractivity contribution in [1.82, 2.24) is 9.97 Å². The number of amides is 1. The summed E-state index contributed by atoms with van der Waals surface area (Å²) in [5.74, 6) is -0.127. The van der Waals surface area contributed by atoms with Gasteiger partial charge in [0.15, 0.2) is 0 Å². The molecule has 1 N–H and O–H groups in total. The van der Waals surface area contributed by atoms with Gasteiger partial charge in [-0.3, -0.25) is 9.78 Å². The molecule has 0 spiro atoms. The zero-order valence-electron chi connectivity index (χ0n) is 10.9. The molecule has 0 atom stereocenters. The average molecular weight is 273 g/mol. The lowest BCUT2D eigenvalue weighted by Gasteiger charge is -2.08. The largest absolute Gasteiger partial charge is 0.321 e. The summed E-state index contributed by atoms with van der Waals surface area (Å²) in [7, 11) is 0. The zero-order chi connectivity index (χ0) is 13.7. The van der Waals surface area contributed by atoms with E-state index in [0.29, 0.717) is 11.3 Å². The van der Waals surface area contributed by atoms with Gasteiger partial charge in [0.1, 0.15) is 0 Å². The number of carbonyl (C=O) groups is 1. The SMILES string of the molecule is CCc1cnccc1C(=O)Nc1ccc(SC)nc1. The number of aromatic nitrogens is 2. The smallest absolute Gasteiger partial charge is 0.256 e. The Morgan fingerprint density at radius 2 is 2.16 bits per heavy atom. The monoisotopic (exact) mass is 273 g/mol. The highest BCUT2D eigenvalue weighted by atomic mass is 32.2. The van der Waals surface area contributed by atoms with Gasteiger partial charge in [-0.15, -0.1) is 11.8 Å². The number of hydrogen-bond acceptors (Lipinski definition) is 4. The number of rotatable bonds is 4. The van der Waals surface area contributed by atoms with E-state index in [0.717, 1.165) is 17.0 Å². The van der Waals surface area contributed by atoms with E-state index in [1.54, 1.807) is 36.4 Å². The average Bonchev–Trinajstić information content (AvgIpc) is 2.48. The summed E-state index contributed by atoms with van der Waals surface area (Å²) >= 11 is 1.57. The van der Waals surface area contributed by atoms with Gasteiger partial charge in [-0.05, 0) is 36.4 Å². The van der Waals surface area contributed by atoms with Crippen LogP contribution in [0.4, 0.5) is 5.69 Å². The Morgan fingerprint density at radius 1 is 1.32 bits per heavy atom. The Bertz CT molecular complexity index is 569. The third kappa shape index (κ3) is 3.32. The first kappa shape index (κ1) is 13.5. The summed E-state index contributed by atoms with van der Waals surface area (Å²) in [5, 5.41) is 3.77. The minimum atomic E-state index is -0.127. The molecule has 0 saturated carbocycles. The van der Waals surface area contributed by atoms with Crippen LogP contribution in [-0.4, -0.2) is 22.1 Å². The van der Waals surface area contributed by atoms with E-state index in [1.807, 2.05) is 25.3 Å². The molecule has 19 heavy (non-hydrogen) atoms. The second-order valence-corrected chi connectivity index (χ2v) is 4.76. The zero-order valence-corrected chi connectivity index (χ0v) is 11.7. The fraction of sp³-hybridized carbons (Fsp3) is 0.214. The first-order valence-electron chi connectivity index (χ1n) is 5.99. The van der Waals surface area contributed by atoms with Crippen molar-refractivity contribution in [2.24, 2.45) is 0 Å². The molecule has 5 heteroatoms. The lowest BCUT2D eigenvalue weighted by molar-refractivity contribution is 0.102. The molecule has 2 aromatic rings. The van der Waals surface area contributed by atoms with E-state index >= 15 is 0 Å². The lowest BCUT2D eigenvalue weighted by Crippen LogP contribution is -2.14. The predicted molar refractivity (Wildman–Crippen MR) is 77.6 cm³/mol. The highest BCUT2D eigenvalue weighted by Gasteiger charge is 2.10. The van der Waals surface area contributed by atoms with Crippen LogP contribution in [0.5, 0.6) is 0 Å². The van der Waals surface area contributed by atoms with Gasteiger partial charge < -0.3 is 5.32 Å². The normalized spacial score (nSPS) is 10.2. The number of aryl methyl sites for hydroxylation is 1. The van der Waals surface area contributed by atoms with Gasteiger partial charge in [0.2, 0.25) is 0 Å². The van der Waals surface area contributed by atoms with Crippen molar-refractivity contribution >= 4 is 23.4 Å².